The van der Waals surface area contributed by atoms with Crippen LogP contribution in [0.4, 0.5) is 5.82 Å². The summed E-state index contributed by atoms with van der Waals surface area (Å²) in [4.78, 5) is 28.0. The average molecular weight is 483 g/mol. The molecule has 4 rings (SSSR count). The van der Waals surface area contributed by atoms with E-state index in [-0.39, 0.29) is 24.4 Å². The van der Waals surface area contributed by atoms with Crippen molar-refractivity contribution >= 4 is 17.6 Å². The lowest BCUT2D eigenvalue weighted by Gasteiger charge is -2.27. The molecule has 36 heavy (non-hydrogen) atoms. The summed E-state index contributed by atoms with van der Waals surface area (Å²) in [5.74, 6) is 0.755. The van der Waals surface area contributed by atoms with Gasteiger partial charge in [0.05, 0.1) is 18.5 Å². The van der Waals surface area contributed by atoms with Crippen molar-refractivity contribution in [3.8, 4) is 22.7 Å². The van der Waals surface area contributed by atoms with E-state index in [0.717, 1.165) is 28.3 Å². The molecule has 7 heteroatoms. The van der Waals surface area contributed by atoms with Crippen molar-refractivity contribution in [2.45, 2.75) is 26.8 Å². The van der Waals surface area contributed by atoms with Gasteiger partial charge in [0.25, 0.3) is 5.91 Å². The quantitative estimate of drug-likeness (QED) is 0.368. The molecule has 7 nitrogen and oxygen atoms in total. The molecule has 0 unspecified atom stereocenters. The summed E-state index contributed by atoms with van der Waals surface area (Å²) in [6, 6.07) is 26.3. The smallest absolute Gasteiger partial charge is 0.254 e. The molecule has 0 atom stereocenters. The minimum absolute atomic E-state index is 0.0840. The molecule has 0 spiro atoms. The Hall–Kier alpha value is -4.39. The molecule has 0 aliphatic carbocycles. The zero-order valence-electron chi connectivity index (χ0n) is 20.9. The molecule has 0 aliphatic heterocycles. The van der Waals surface area contributed by atoms with Crippen molar-refractivity contribution in [2.75, 3.05) is 19.0 Å². The van der Waals surface area contributed by atoms with Crippen molar-refractivity contribution in [1.82, 2.24) is 14.7 Å². The summed E-state index contributed by atoms with van der Waals surface area (Å²) >= 11 is 0. The van der Waals surface area contributed by atoms with Crippen LogP contribution in [0.3, 0.4) is 0 Å². The number of nitrogens with zero attached hydrogens (tertiary/aromatic N) is 3. The Bertz CT molecular complexity index is 1340. The van der Waals surface area contributed by atoms with Crippen LogP contribution < -0.4 is 10.1 Å². The third-order valence-electron chi connectivity index (χ3n) is 5.94. The van der Waals surface area contributed by atoms with Gasteiger partial charge in [-0.3, -0.25) is 9.59 Å². The second-order valence-electron chi connectivity index (χ2n) is 8.78. The molecule has 1 aromatic heterocycles. The molecule has 1 N–H and O–H groups in total. The fourth-order valence-corrected chi connectivity index (χ4v) is 3.93. The maximum absolute atomic E-state index is 13.2. The number of hydrogen-bond donors (Lipinski definition) is 1. The van der Waals surface area contributed by atoms with E-state index >= 15 is 0 Å². The van der Waals surface area contributed by atoms with Crippen LogP contribution in [0.1, 0.15) is 29.8 Å². The lowest BCUT2D eigenvalue weighted by atomic mass is 10.1. The molecule has 4 aromatic rings. The molecular weight excluding hydrogens is 452 g/mol. The number of amides is 2. The highest BCUT2D eigenvalue weighted by Gasteiger charge is 2.24. The Morgan fingerprint density at radius 2 is 1.64 bits per heavy atom. The third-order valence-corrected chi connectivity index (χ3v) is 5.94. The highest BCUT2D eigenvalue weighted by Crippen LogP contribution is 2.26. The summed E-state index contributed by atoms with van der Waals surface area (Å²) in [6.45, 7) is 5.61. The van der Waals surface area contributed by atoms with Crippen LogP contribution in [0.2, 0.25) is 0 Å². The topological polar surface area (TPSA) is 76.5 Å². The van der Waals surface area contributed by atoms with E-state index in [4.69, 9.17) is 9.84 Å². The first-order valence-corrected chi connectivity index (χ1v) is 11.8. The van der Waals surface area contributed by atoms with Crippen LogP contribution in [0.25, 0.3) is 16.9 Å². The second-order valence-corrected chi connectivity index (χ2v) is 8.78. The summed E-state index contributed by atoms with van der Waals surface area (Å²) in [6.07, 6.45) is 0. The number of ether oxygens (including phenoxy) is 1. The van der Waals surface area contributed by atoms with E-state index < -0.39 is 0 Å². The molecule has 0 saturated carbocycles. The molecule has 184 valence electrons. The fourth-order valence-electron chi connectivity index (χ4n) is 3.93. The van der Waals surface area contributed by atoms with E-state index in [0.29, 0.717) is 11.4 Å². The van der Waals surface area contributed by atoms with Crippen LogP contribution in [0, 0.1) is 6.92 Å². The van der Waals surface area contributed by atoms with Crippen LogP contribution >= 0.6 is 0 Å². The van der Waals surface area contributed by atoms with Gasteiger partial charge in [0.15, 0.2) is 0 Å². The molecule has 0 saturated heterocycles. The molecular formula is C29H30N4O3. The monoisotopic (exact) mass is 482 g/mol. The number of benzene rings is 3. The van der Waals surface area contributed by atoms with Gasteiger partial charge in [-0.15, -0.1) is 0 Å². The Balaban J connectivity index is 1.62. The molecule has 1 heterocycles. The van der Waals surface area contributed by atoms with Crippen molar-refractivity contribution in [3.05, 3.63) is 96.1 Å². The Kier molecular flexibility index (Phi) is 7.49. The van der Waals surface area contributed by atoms with Crippen molar-refractivity contribution in [2.24, 2.45) is 0 Å². The highest BCUT2D eigenvalue weighted by molar-refractivity contribution is 6.00. The van der Waals surface area contributed by atoms with E-state index in [1.807, 2.05) is 99.6 Å². The van der Waals surface area contributed by atoms with Gasteiger partial charge >= 0.3 is 0 Å². The van der Waals surface area contributed by atoms with Crippen molar-refractivity contribution in [3.63, 3.8) is 0 Å². The lowest BCUT2D eigenvalue weighted by Crippen LogP contribution is -2.42. The lowest BCUT2D eigenvalue weighted by molar-refractivity contribution is -0.117. The Labute approximate surface area is 211 Å². The van der Waals surface area contributed by atoms with E-state index in [1.54, 1.807) is 22.8 Å². The van der Waals surface area contributed by atoms with Crippen molar-refractivity contribution in [1.29, 1.82) is 0 Å². The van der Waals surface area contributed by atoms with Gasteiger partial charge in [0, 0.05) is 23.2 Å². The maximum Gasteiger partial charge on any atom is 0.254 e. The number of carbonyl (C=O) groups excluding carboxylic acids is 2. The SMILES string of the molecule is COc1ccc(-n2nc(-c3ccccc3)cc2NC(=O)CN(C(=O)c2ccccc2C)C(C)C)cc1. The minimum atomic E-state index is -0.306. The first-order valence-electron chi connectivity index (χ1n) is 11.8. The van der Waals surface area contributed by atoms with Gasteiger partial charge < -0.3 is 15.0 Å². The number of methoxy groups -OCH3 is 1. The van der Waals surface area contributed by atoms with Gasteiger partial charge in [-0.2, -0.15) is 5.10 Å². The normalized spacial score (nSPS) is 10.8. The van der Waals surface area contributed by atoms with Gasteiger partial charge in [0.2, 0.25) is 5.91 Å². The van der Waals surface area contributed by atoms with Crippen LogP contribution in [0.15, 0.2) is 84.9 Å². The zero-order valence-corrected chi connectivity index (χ0v) is 20.9. The summed E-state index contributed by atoms with van der Waals surface area (Å²) in [5.41, 5.74) is 3.88. The van der Waals surface area contributed by atoms with Gasteiger partial charge in [-0.1, -0.05) is 48.5 Å². The number of nitrogens with one attached hydrogen (secondary N) is 1. The second kappa shape index (κ2) is 10.9. The average Bonchev–Trinajstić information content (AvgIpc) is 3.31. The fraction of sp³-hybridized carbons (Fsp3) is 0.207. The van der Waals surface area contributed by atoms with Gasteiger partial charge in [0.1, 0.15) is 18.1 Å². The number of anilines is 1. The molecule has 0 radical (unpaired) electrons. The van der Waals surface area contributed by atoms with Crippen molar-refractivity contribution < 1.29 is 14.3 Å². The number of hydrogen-bond acceptors (Lipinski definition) is 4. The molecule has 0 aliphatic rings. The predicted molar refractivity (Wildman–Crippen MR) is 142 cm³/mol. The van der Waals surface area contributed by atoms with Crippen LogP contribution in [0.5, 0.6) is 5.75 Å². The van der Waals surface area contributed by atoms with Crippen LogP contribution in [-0.4, -0.2) is 46.2 Å². The number of rotatable bonds is 8. The maximum atomic E-state index is 13.2. The molecule has 3 aromatic carbocycles. The summed E-state index contributed by atoms with van der Waals surface area (Å²) in [5, 5.41) is 7.72. The number of aryl methyl sites for hydroxylation is 1. The number of carbonyl (C=O) groups is 2. The Morgan fingerprint density at radius 3 is 2.28 bits per heavy atom. The minimum Gasteiger partial charge on any atom is -0.497 e. The first-order chi connectivity index (χ1) is 17.4. The highest BCUT2D eigenvalue weighted by atomic mass is 16.5. The molecule has 0 fully saturated rings. The summed E-state index contributed by atoms with van der Waals surface area (Å²) in [7, 11) is 1.61. The predicted octanol–water partition coefficient (Wildman–Crippen LogP) is 5.35. The Morgan fingerprint density at radius 1 is 0.972 bits per heavy atom. The van der Waals surface area contributed by atoms with Crippen LogP contribution in [-0.2, 0) is 4.79 Å². The zero-order chi connectivity index (χ0) is 25.7. The van der Waals surface area contributed by atoms with E-state index in [1.165, 1.54) is 0 Å². The first kappa shape index (κ1) is 24.7. The van der Waals surface area contributed by atoms with Gasteiger partial charge in [-0.25, -0.2) is 4.68 Å². The van der Waals surface area contributed by atoms with E-state index in [2.05, 4.69) is 5.32 Å². The molecule has 0 bridgehead atoms. The van der Waals surface area contributed by atoms with Gasteiger partial charge in [-0.05, 0) is 56.7 Å². The largest absolute Gasteiger partial charge is 0.497 e. The standard InChI is InChI=1S/C29H30N4O3/c1-20(2)32(29(35)25-13-9-8-10-21(25)3)19-28(34)30-27-18-26(22-11-6-5-7-12-22)31-33(27)23-14-16-24(36-4)17-15-23/h5-18,20H,19H2,1-4H3,(H,30,34). The number of aromatic nitrogens is 2. The molecule has 2 amide bonds. The summed E-state index contributed by atoms with van der Waals surface area (Å²) < 4.78 is 6.95. The van der Waals surface area contributed by atoms with E-state index in [9.17, 15) is 9.59 Å². The third kappa shape index (κ3) is 5.46.